The van der Waals surface area contributed by atoms with Gasteiger partial charge < -0.3 is 4.74 Å². The zero-order valence-electron chi connectivity index (χ0n) is 15.8. The van der Waals surface area contributed by atoms with Gasteiger partial charge in [-0.2, -0.15) is 0 Å². The van der Waals surface area contributed by atoms with Crippen LogP contribution in [0.1, 0.15) is 5.56 Å². The minimum absolute atomic E-state index is 0.107. The Morgan fingerprint density at radius 2 is 1.57 bits per heavy atom. The summed E-state index contributed by atoms with van der Waals surface area (Å²) in [5.74, 6) is -2.77. The van der Waals surface area contributed by atoms with E-state index in [9.17, 15) is 18.4 Å². The van der Waals surface area contributed by atoms with Crippen LogP contribution in [0.25, 0.3) is 5.57 Å². The molecule has 0 radical (unpaired) electrons. The van der Waals surface area contributed by atoms with E-state index in [2.05, 4.69) is 0 Å². The summed E-state index contributed by atoms with van der Waals surface area (Å²) in [6.45, 7) is 0. The molecule has 0 N–H and O–H groups in total. The first-order chi connectivity index (χ1) is 14.5. The highest BCUT2D eigenvalue weighted by Crippen LogP contribution is 2.43. The fourth-order valence-corrected chi connectivity index (χ4v) is 4.19. The quantitative estimate of drug-likeness (QED) is 0.539. The lowest BCUT2D eigenvalue weighted by Crippen LogP contribution is -2.32. The largest absolute Gasteiger partial charge is 0.496 e. The highest BCUT2D eigenvalue weighted by molar-refractivity contribution is 8.04. The highest BCUT2D eigenvalue weighted by Gasteiger charge is 2.42. The zero-order chi connectivity index (χ0) is 21.3. The fraction of sp³-hybridized carbons (Fsp3) is 0.0435. The van der Waals surface area contributed by atoms with Crippen molar-refractivity contribution in [1.82, 2.24) is 0 Å². The number of ether oxygens (including phenoxy) is 1. The number of hydrogen-bond donors (Lipinski definition) is 0. The van der Waals surface area contributed by atoms with E-state index in [4.69, 9.17) is 4.74 Å². The maximum absolute atomic E-state index is 14.4. The first-order valence-electron chi connectivity index (χ1n) is 8.95. The minimum atomic E-state index is -0.998. The second kappa shape index (κ2) is 8.12. The molecule has 0 aromatic heterocycles. The summed E-state index contributed by atoms with van der Waals surface area (Å²) in [5.41, 5.74) is 0.222. The third-order valence-electron chi connectivity index (χ3n) is 4.53. The number of carbonyl (C=O) groups is 2. The van der Waals surface area contributed by atoms with Crippen molar-refractivity contribution in [2.24, 2.45) is 0 Å². The molecule has 0 aliphatic carbocycles. The van der Waals surface area contributed by atoms with Crippen LogP contribution in [0.2, 0.25) is 0 Å². The molecule has 1 heterocycles. The van der Waals surface area contributed by atoms with E-state index in [-0.39, 0.29) is 16.2 Å². The molecule has 150 valence electrons. The molecule has 0 atom stereocenters. The Morgan fingerprint density at radius 3 is 2.27 bits per heavy atom. The number of hydrogen-bond acceptors (Lipinski definition) is 4. The van der Waals surface area contributed by atoms with Crippen molar-refractivity contribution in [3.8, 4) is 5.75 Å². The van der Waals surface area contributed by atoms with Crippen molar-refractivity contribution in [2.75, 3.05) is 12.0 Å². The van der Waals surface area contributed by atoms with Gasteiger partial charge in [0.2, 0.25) is 0 Å². The predicted octanol–water partition coefficient (Wildman–Crippen LogP) is 5.05. The van der Waals surface area contributed by atoms with E-state index in [1.807, 2.05) is 18.2 Å². The van der Waals surface area contributed by atoms with Crippen LogP contribution in [0, 0.1) is 11.6 Å². The van der Waals surface area contributed by atoms with Gasteiger partial charge in [-0.15, -0.1) is 0 Å². The number of methoxy groups -OCH3 is 1. The van der Waals surface area contributed by atoms with E-state index in [0.717, 1.165) is 33.7 Å². The number of nitrogens with zero attached hydrogens (tertiary/aromatic N) is 1. The van der Waals surface area contributed by atoms with Gasteiger partial charge in [0.15, 0.2) is 0 Å². The number of halogens is 2. The van der Waals surface area contributed by atoms with Crippen LogP contribution in [0.3, 0.4) is 0 Å². The summed E-state index contributed by atoms with van der Waals surface area (Å²) in [5, 5.41) is 0. The predicted molar refractivity (Wildman–Crippen MR) is 111 cm³/mol. The van der Waals surface area contributed by atoms with Gasteiger partial charge in [0, 0.05) is 16.5 Å². The summed E-state index contributed by atoms with van der Waals surface area (Å²) in [6, 6.07) is 18.6. The second-order valence-corrected chi connectivity index (χ2v) is 7.44. The maximum atomic E-state index is 14.4. The van der Waals surface area contributed by atoms with Gasteiger partial charge in [-0.3, -0.25) is 9.59 Å². The third-order valence-corrected chi connectivity index (χ3v) is 5.62. The lowest BCUT2D eigenvalue weighted by molar-refractivity contribution is -0.119. The topological polar surface area (TPSA) is 46.6 Å². The van der Waals surface area contributed by atoms with Crippen LogP contribution in [0.4, 0.5) is 14.5 Å². The summed E-state index contributed by atoms with van der Waals surface area (Å²) in [6.07, 6.45) is 0. The van der Waals surface area contributed by atoms with Crippen molar-refractivity contribution in [2.45, 2.75) is 4.90 Å². The van der Waals surface area contributed by atoms with Crippen LogP contribution in [-0.4, -0.2) is 18.9 Å². The number of benzene rings is 3. The maximum Gasteiger partial charge on any atom is 0.273 e. The Labute approximate surface area is 175 Å². The van der Waals surface area contributed by atoms with Crippen molar-refractivity contribution in [3.63, 3.8) is 0 Å². The minimum Gasteiger partial charge on any atom is -0.496 e. The van der Waals surface area contributed by atoms with Crippen LogP contribution in [-0.2, 0) is 9.59 Å². The van der Waals surface area contributed by atoms with Crippen molar-refractivity contribution >= 4 is 34.8 Å². The van der Waals surface area contributed by atoms with E-state index in [0.29, 0.717) is 17.4 Å². The van der Waals surface area contributed by atoms with Crippen molar-refractivity contribution in [3.05, 3.63) is 94.9 Å². The average Bonchev–Trinajstić information content (AvgIpc) is 2.98. The molecule has 0 unspecified atom stereocenters. The lowest BCUT2D eigenvalue weighted by Gasteiger charge is -2.16. The summed E-state index contributed by atoms with van der Waals surface area (Å²) in [7, 11) is 1.46. The molecule has 0 fully saturated rings. The SMILES string of the molecule is COc1ccccc1C1=C(Sc2ccccc2)C(=O)N(c2ccc(F)cc2F)C1=O. The zero-order valence-corrected chi connectivity index (χ0v) is 16.6. The van der Waals surface area contributed by atoms with Gasteiger partial charge in [0.05, 0.1) is 23.3 Å². The molecule has 0 saturated heterocycles. The molecule has 1 aliphatic heterocycles. The Bertz CT molecular complexity index is 1180. The molecule has 0 spiro atoms. The molecule has 0 saturated carbocycles. The first-order valence-corrected chi connectivity index (χ1v) is 9.77. The lowest BCUT2D eigenvalue weighted by atomic mass is 10.0. The number of amides is 2. The van der Waals surface area contributed by atoms with Gasteiger partial charge >= 0.3 is 0 Å². The summed E-state index contributed by atoms with van der Waals surface area (Å²) >= 11 is 1.11. The van der Waals surface area contributed by atoms with Gasteiger partial charge in [-0.25, -0.2) is 13.7 Å². The van der Waals surface area contributed by atoms with Gasteiger partial charge in [0.1, 0.15) is 17.4 Å². The van der Waals surface area contributed by atoms with Gasteiger partial charge in [-0.05, 0) is 30.3 Å². The Hall–Kier alpha value is -3.45. The number of rotatable bonds is 5. The van der Waals surface area contributed by atoms with Crippen LogP contribution in [0.5, 0.6) is 5.75 Å². The summed E-state index contributed by atoms with van der Waals surface area (Å²) in [4.78, 5) is 28.2. The Morgan fingerprint density at radius 1 is 0.867 bits per heavy atom. The number of carbonyl (C=O) groups excluding carboxylic acids is 2. The van der Waals surface area contributed by atoms with E-state index in [1.54, 1.807) is 36.4 Å². The molecule has 30 heavy (non-hydrogen) atoms. The van der Waals surface area contributed by atoms with Crippen molar-refractivity contribution < 1.29 is 23.1 Å². The van der Waals surface area contributed by atoms with E-state index >= 15 is 0 Å². The van der Waals surface area contributed by atoms with Crippen LogP contribution in [0.15, 0.2) is 82.6 Å². The summed E-state index contributed by atoms with van der Waals surface area (Å²) < 4.78 is 33.2. The third kappa shape index (κ3) is 3.48. The molecule has 3 aromatic rings. The molecular weight excluding hydrogens is 408 g/mol. The first kappa shape index (κ1) is 19.8. The monoisotopic (exact) mass is 423 g/mol. The van der Waals surface area contributed by atoms with Crippen LogP contribution >= 0.6 is 11.8 Å². The number of imide groups is 1. The number of para-hydroxylation sites is 1. The fourth-order valence-electron chi connectivity index (χ4n) is 3.18. The normalized spacial score (nSPS) is 13.9. The molecule has 0 bridgehead atoms. The van der Waals surface area contributed by atoms with Gasteiger partial charge in [0.25, 0.3) is 11.8 Å². The molecule has 4 nitrogen and oxygen atoms in total. The molecule has 2 amide bonds. The standard InChI is InChI=1S/C23H15F2NO3S/c1-29-19-10-6-5-9-16(19)20-21(30-15-7-3-2-4-8-15)23(28)26(22(20)27)18-12-11-14(24)13-17(18)25/h2-13H,1H3. The highest BCUT2D eigenvalue weighted by atomic mass is 32.2. The molecule has 3 aromatic carbocycles. The van der Waals surface area contributed by atoms with E-state index < -0.39 is 23.4 Å². The average molecular weight is 423 g/mol. The number of thioether (sulfide) groups is 1. The Kier molecular flexibility index (Phi) is 5.37. The molecule has 4 rings (SSSR count). The second-order valence-electron chi connectivity index (χ2n) is 6.36. The van der Waals surface area contributed by atoms with Crippen molar-refractivity contribution in [1.29, 1.82) is 0 Å². The smallest absolute Gasteiger partial charge is 0.273 e. The van der Waals surface area contributed by atoms with E-state index in [1.165, 1.54) is 7.11 Å². The molecule has 7 heteroatoms. The van der Waals surface area contributed by atoms with Crippen LogP contribution < -0.4 is 9.64 Å². The number of anilines is 1. The Balaban J connectivity index is 1.88. The molecular formula is C23H15F2NO3S. The van der Waals surface area contributed by atoms with Gasteiger partial charge in [-0.1, -0.05) is 48.2 Å². The molecule has 1 aliphatic rings.